The second-order valence-corrected chi connectivity index (χ2v) is 6.44. The maximum Gasteiger partial charge on any atom is 0.0322 e. The number of nitrogens with one attached hydrogen (secondary N) is 1. The largest absolute Gasteiger partial charge is 0.310 e. The molecule has 2 rings (SSSR count). The Labute approximate surface area is 119 Å². The number of hydrogen-bond acceptors (Lipinski definition) is 1. The topological polar surface area (TPSA) is 12.0 Å². The van der Waals surface area contributed by atoms with Crippen LogP contribution in [0.4, 0.5) is 0 Å². The van der Waals surface area contributed by atoms with Crippen LogP contribution in [0.5, 0.6) is 0 Å². The number of benzene rings is 1. The van der Waals surface area contributed by atoms with E-state index in [1.54, 1.807) is 0 Å². The first kappa shape index (κ1) is 14.1. The Balaban J connectivity index is 2.04. The van der Waals surface area contributed by atoms with E-state index in [4.69, 9.17) is 0 Å². The molecule has 18 heavy (non-hydrogen) atoms. The zero-order valence-corrected chi connectivity index (χ0v) is 13.1. The Bertz CT molecular complexity index is 385. The van der Waals surface area contributed by atoms with Crippen molar-refractivity contribution in [3.63, 3.8) is 0 Å². The molecule has 1 aromatic carbocycles. The van der Waals surface area contributed by atoms with Gasteiger partial charge in [-0.05, 0) is 61.9 Å². The highest BCUT2D eigenvalue weighted by Crippen LogP contribution is 2.36. The lowest BCUT2D eigenvalue weighted by molar-refractivity contribution is 0.468. The molecule has 0 radical (unpaired) electrons. The van der Waals surface area contributed by atoms with Gasteiger partial charge in [0.05, 0.1) is 0 Å². The minimum absolute atomic E-state index is 0.540. The normalized spacial score (nSPS) is 16.8. The Hall–Kier alpha value is -0.340. The number of halogens is 1. The smallest absolute Gasteiger partial charge is 0.0322 e. The highest BCUT2D eigenvalue weighted by Gasteiger charge is 2.23. The van der Waals surface area contributed by atoms with Gasteiger partial charge in [-0.3, -0.25) is 0 Å². The van der Waals surface area contributed by atoms with Crippen LogP contribution in [0.15, 0.2) is 22.7 Å². The van der Waals surface area contributed by atoms with Crippen molar-refractivity contribution >= 4 is 15.9 Å². The Morgan fingerprint density at radius 3 is 2.78 bits per heavy atom. The lowest BCUT2D eigenvalue weighted by atomic mass is 9.96. The average Bonchev–Trinajstić information content (AvgIpc) is 3.14. The van der Waals surface area contributed by atoms with E-state index in [1.165, 1.54) is 47.7 Å². The van der Waals surface area contributed by atoms with Crippen LogP contribution >= 0.6 is 15.9 Å². The minimum Gasteiger partial charge on any atom is -0.310 e. The lowest BCUT2D eigenvalue weighted by Gasteiger charge is -2.21. The van der Waals surface area contributed by atoms with E-state index in [1.807, 2.05) is 0 Å². The van der Waals surface area contributed by atoms with Gasteiger partial charge in [0.25, 0.3) is 0 Å². The summed E-state index contributed by atoms with van der Waals surface area (Å²) in [6, 6.07) is 7.21. The fourth-order valence-electron chi connectivity index (χ4n) is 2.53. The molecular weight excluding hydrogens is 286 g/mol. The molecular formula is C16H24BrN. The van der Waals surface area contributed by atoms with Crippen LogP contribution in [0.1, 0.15) is 56.2 Å². The SMILES string of the molecule is CCCNC(CCC1CC1)c1ccc(Br)cc1C. The van der Waals surface area contributed by atoms with E-state index < -0.39 is 0 Å². The number of hydrogen-bond donors (Lipinski definition) is 1. The van der Waals surface area contributed by atoms with E-state index >= 15 is 0 Å². The fourth-order valence-corrected chi connectivity index (χ4v) is 3.00. The molecule has 0 heterocycles. The highest BCUT2D eigenvalue weighted by atomic mass is 79.9. The Morgan fingerprint density at radius 2 is 2.17 bits per heavy atom. The van der Waals surface area contributed by atoms with Gasteiger partial charge in [-0.25, -0.2) is 0 Å². The van der Waals surface area contributed by atoms with Crippen LogP contribution in [0.3, 0.4) is 0 Å². The summed E-state index contributed by atoms with van der Waals surface area (Å²) in [5.74, 6) is 1.02. The zero-order chi connectivity index (χ0) is 13.0. The molecule has 1 unspecified atom stereocenters. The van der Waals surface area contributed by atoms with Crippen molar-refractivity contribution in [2.24, 2.45) is 5.92 Å². The van der Waals surface area contributed by atoms with Crippen LogP contribution < -0.4 is 5.32 Å². The summed E-state index contributed by atoms with van der Waals surface area (Å²) < 4.78 is 1.18. The summed E-state index contributed by atoms with van der Waals surface area (Å²) in [5, 5.41) is 3.71. The third-order valence-corrected chi connectivity index (χ3v) is 4.30. The molecule has 0 amide bonds. The Kier molecular flexibility index (Phi) is 5.25. The summed E-state index contributed by atoms with van der Waals surface area (Å²) in [6.07, 6.45) is 6.79. The quantitative estimate of drug-likeness (QED) is 0.748. The van der Waals surface area contributed by atoms with E-state index in [0.717, 1.165) is 12.5 Å². The molecule has 1 N–H and O–H groups in total. The molecule has 1 aliphatic rings. The van der Waals surface area contributed by atoms with Gasteiger partial charge in [0, 0.05) is 10.5 Å². The van der Waals surface area contributed by atoms with Gasteiger partial charge in [0.15, 0.2) is 0 Å². The molecule has 0 aromatic heterocycles. The van der Waals surface area contributed by atoms with Crippen LogP contribution in [-0.4, -0.2) is 6.54 Å². The van der Waals surface area contributed by atoms with Crippen molar-refractivity contribution in [3.8, 4) is 0 Å². The van der Waals surface area contributed by atoms with Crippen molar-refractivity contribution in [1.82, 2.24) is 5.32 Å². The van der Waals surface area contributed by atoms with Crippen molar-refractivity contribution in [2.75, 3.05) is 6.54 Å². The van der Waals surface area contributed by atoms with Gasteiger partial charge in [-0.1, -0.05) is 41.8 Å². The summed E-state index contributed by atoms with van der Waals surface area (Å²) in [6.45, 7) is 5.57. The maximum absolute atomic E-state index is 3.71. The molecule has 0 spiro atoms. The van der Waals surface area contributed by atoms with E-state index in [9.17, 15) is 0 Å². The van der Waals surface area contributed by atoms with Gasteiger partial charge in [-0.15, -0.1) is 0 Å². The molecule has 1 nitrogen and oxygen atoms in total. The first-order chi connectivity index (χ1) is 8.70. The van der Waals surface area contributed by atoms with Gasteiger partial charge >= 0.3 is 0 Å². The third-order valence-electron chi connectivity index (χ3n) is 3.81. The first-order valence-corrected chi connectivity index (χ1v) is 7.99. The molecule has 1 atom stereocenters. The van der Waals surface area contributed by atoms with E-state index in [2.05, 4.69) is 53.3 Å². The number of rotatable bonds is 7. The lowest BCUT2D eigenvalue weighted by Crippen LogP contribution is -2.23. The zero-order valence-electron chi connectivity index (χ0n) is 11.5. The molecule has 1 saturated carbocycles. The first-order valence-electron chi connectivity index (χ1n) is 7.20. The molecule has 2 heteroatoms. The highest BCUT2D eigenvalue weighted by molar-refractivity contribution is 9.10. The summed E-state index contributed by atoms with van der Waals surface area (Å²) in [4.78, 5) is 0. The van der Waals surface area contributed by atoms with Gasteiger partial charge in [0.2, 0.25) is 0 Å². The molecule has 0 bridgehead atoms. The maximum atomic E-state index is 3.71. The van der Waals surface area contributed by atoms with Crippen molar-refractivity contribution in [3.05, 3.63) is 33.8 Å². The molecule has 1 fully saturated rings. The molecule has 0 aliphatic heterocycles. The average molecular weight is 310 g/mol. The van der Waals surface area contributed by atoms with Crippen molar-refractivity contribution < 1.29 is 0 Å². The minimum atomic E-state index is 0.540. The molecule has 100 valence electrons. The molecule has 0 saturated heterocycles. The Morgan fingerprint density at radius 1 is 1.39 bits per heavy atom. The summed E-state index contributed by atoms with van der Waals surface area (Å²) in [5.41, 5.74) is 2.88. The van der Waals surface area contributed by atoms with Crippen LogP contribution in [0, 0.1) is 12.8 Å². The molecule has 1 aromatic rings. The van der Waals surface area contributed by atoms with E-state index in [-0.39, 0.29) is 0 Å². The summed E-state index contributed by atoms with van der Waals surface area (Å²) >= 11 is 3.55. The second-order valence-electron chi connectivity index (χ2n) is 5.53. The van der Waals surface area contributed by atoms with Crippen molar-refractivity contribution in [1.29, 1.82) is 0 Å². The third kappa shape index (κ3) is 4.10. The monoisotopic (exact) mass is 309 g/mol. The summed E-state index contributed by atoms with van der Waals surface area (Å²) in [7, 11) is 0. The number of aryl methyl sites for hydroxylation is 1. The van der Waals surface area contributed by atoms with Crippen LogP contribution in [0.2, 0.25) is 0 Å². The molecule has 1 aliphatic carbocycles. The van der Waals surface area contributed by atoms with Gasteiger partial charge in [0.1, 0.15) is 0 Å². The van der Waals surface area contributed by atoms with Gasteiger partial charge in [-0.2, -0.15) is 0 Å². The second kappa shape index (κ2) is 6.72. The predicted molar refractivity (Wildman–Crippen MR) is 81.9 cm³/mol. The van der Waals surface area contributed by atoms with Crippen LogP contribution in [0.25, 0.3) is 0 Å². The van der Waals surface area contributed by atoms with Crippen molar-refractivity contribution in [2.45, 2.75) is 52.0 Å². The predicted octanol–water partition coefficient (Wildman–Crippen LogP) is 4.99. The standard InChI is InChI=1S/C16H24BrN/c1-3-10-18-16(9-6-13-4-5-13)15-8-7-14(17)11-12(15)2/h7-8,11,13,16,18H,3-6,9-10H2,1-2H3. The van der Waals surface area contributed by atoms with Gasteiger partial charge < -0.3 is 5.32 Å². The van der Waals surface area contributed by atoms with Crippen LogP contribution in [-0.2, 0) is 0 Å². The fraction of sp³-hybridized carbons (Fsp3) is 0.625. The van der Waals surface area contributed by atoms with E-state index in [0.29, 0.717) is 6.04 Å².